The Balaban J connectivity index is 1.71. The third-order valence-electron chi connectivity index (χ3n) is 3.91. The summed E-state index contributed by atoms with van der Waals surface area (Å²) in [7, 11) is 0. The minimum atomic E-state index is -0.393. The lowest BCUT2D eigenvalue weighted by molar-refractivity contribution is -0.140. The second-order valence-electron chi connectivity index (χ2n) is 5.28. The van der Waals surface area contributed by atoms with Gasteiger partial charge in [0.25, 0.3) is 5.91 Å². The van der Waals surface area contributed by atoms with Crippen LogP contribution in [0.1, 0.15) is 31.2 Å². The lowest BCUT2D eigenvalue weighted by Crippen LogP contribution is -2.45. The highest BCUT2D eigenvalue weighted by atomic mass is 19.1. The number of likely N-dealkylation sites (tertiary alicyclic amines) is 1. The van der Waals surface area contributed by atoms with Crippen LogP contribution in [0.2, 0.25) is 0 Å². The molecule has 0 spiro atoms. The molecule has 1 aromatic carbocycles. The van der Waals surface area contributed by atoms with Gasteiger partial charge in [-0.2, -0.15) is 0 Å². The maximum absolute atomic E-state index is 13.1. The van der Waals surface area contributed by atoms with E-state index in [1.54, 1.807) is 6.07 Å². The van der Waals surface area contributed by atoms with Crippen molar-refractivity contribution in [2.24, 2.45) is 0 Å². The quantitative estimate of drug-likeness (QED) is 0.779. The van der Waals surface area contributed by atoms with Gasteiger partial charge in [-0.1, -0.05) is 0 Å². The predicted molar refractivity (Wildman–Crippen MR) is 69.6 cm³/mol. The highest BCUT2D eigenvalue weighted by Gasteiger charge is 2.30. The maximum atomic E-state index is 13.1. The van der Waals surface area contributed by atoms with Gasteiger partial charge in [-0.15, -0.1) is 0 Å². The van der Waals surface area contributed by atoms with Crippen molar-refractivity contribution < 1.29 is 13.9 Å². The summed E-state index contributed by atoms with van der Waals surface area (Å²) in [5.41, 5.74) is 0.864. The molecule has 0 radical (unpaired) electrons. The SMILES string of the molecule is O=C([C@@H]1CCc2cc(F)ccc2O1)N1CCCCC1. The third-order valence-corrected chi connectivity index (χ3v) is 3.91. The molecule has 3 nitrogen and oxygen atoms in total. The summed E-state index contributed by atoms with van der Waals surface area (Å²) in [6.45, 7) is 1.68. The van der Waals surface area contributed by atoms with Crippen LogP contribution in [0.5, 0.6) is 5.75 Å². The minimum Gasteiger partial charge on any atom is -0.480 e. The second kappa shape index (κ2) is 5.19. The van der Waals surface area contributed by atoms with Gasteiger partial charge in [0, 0.05) is 13.1 Å². The standard InChI is InChI=1S/C15H18FNO2/c16-12-5-7-13-11(10-12)4-6-14(19-13)15(18)17-8-2-1-3-9-17/h5,7,10,14H,1-4,6,8-9H2/t14-/m0/s1. The van der Waals surface area contributed by atoms with Crippen molar-refractivity contribution in [3.05, 3.63) is 29.6 Å². The molecule has 0 bridgehead atoms. The molecule has 102 valence electrons. The molecule has 0 saturated carbocycles. The highest BCUT2D eigenvalue weighted by molar-refractivity contribution is 5.81. The number of hydrogen-bond donors (Lipinski definition) is 0. The molecule has 19 heavy (non-hydrogen) atoms. The largest absolute Gasteiger partial charge is 0.480 e. The number of carbonyl (C=O) groups is 1. The van der Waals surface area contributed by atoms with Crippen LogP contribution >= 0.6 is 0 Å². The normalized spacial score (nSPS) is 22.6. The lowest BCUT2D eigenvalue weighted by atomic mass is 10.0. The average Bonchev–Trinajstić information content (AvgIpc) is 2.47. The number of ether oxygens (including phenoxy) is 1. The first-order chi connectivity index (χ1) is 9.24. The van der Waals surface area contributed by atoms with Crippen molar-refractivity contribution >= 4 is 5.91 Å². The summed E-state index contributed by atoms with van der Waals surface area (Å²) in [5, 5.41) is 0. The van der Waals surface area contributed by atoms with Gasteiger partial charge in [0.05, 0.1) is 0 Å². The van der Waals surface area contributed by atoms with E-state index in [1.807, 2.05) is 4.90 Å². The van der Waals surface area contributed by atoms with Gasteiger partial charge in [-0.25, -0.2) is 4.39 Å². The highest BCUT2D eigenvalue weighted by Crippen LogP contribution is 2.29. The molecule has 1 atom stereocenters. The van der Waals surface area contributed by atoms with Gasteiger partial charge in [0.15, 0.2) is 6.10 Å². The van der Waals surface area contributed by atoms with Gasteiger partial charge >= 0.3 is 0 Å². The number of amides is 1. The first kappa shape index (κ1) is 12.5. The zero-order chi connectivity index (χ0) is 13.2. The number of benzene rings is 1. The smallest absolute Gasteiger partial charge is 0.263 e. The van der Waals surface area contributed by atoms with E-state index >= 15 is 0 Å². The lowest BCUT2D eigenvalue weighted by Gasteiger charge is -2.32. The van der Waals surface area contributed by atoms with Crippen LogP contribution in [0.4, 0.5) is 4.39 Å². The second-order valence-corrected chi connectivity index (χ2v) is 5.28. The predicted octanol–water partition coefficient (Wildman–Crippen LogP) is 2.53. The first-order valence-corrected chi connectivity index (χ1v) is 6.98. The van der Waals surface area contributed by atoms with Crippen LogP contribution in [0.25, 0.3) is 0 Å². The van der Waals surface area contributed by atoms with E-state index in [0.717, 1.165) is 31.5 Å². The Hall–Kier alpha value is -1.58. The Morgan fingerprint density at radius 1 is 1.26 bits per heavy atom. The van der Waals surface area contributed by atoms with Crippen molar-refractivity contribution in [1.29, 1.82) is 0 Å². The van der Waals surface area contributed by atoms with Crippen molar-refractivity contribution in [2.75, 3.05) is 13.1 Å². The third kappa shape index (κ3) is 2.57. The molecule has 1 amide bonds. The van der Waals surface area contributed by atoms with Crippen LogP contribution in [0, 0.1) is 5.82 Å². The topological polar surface area (TPSA) is 29.5 Å². The Morgan fingerprint density at radius 2 is 2.05 bits per heavy atom. The Morgan fingerprint density at radius 3 is 2.84 bits per heavy atom. The number of aryl methyl sites for hydroxylation is 1. The molecule has 1 saturated heterocycles. The molecule has 0 aliphatic carbocycles. The van der Waals surface area contributed by atoms with E-state index in [9.17, 15) is 9.18 Å². The van der Waals surface area contributed by atoms with Crippen molar-refractivity contribution in [2.45, 2.75) is 38.2 Å². The van der Waals surface area contributed by atoms with E-state index in [2.05, 4.69) is 0 Å². The number of halogens is 1. The van der Waals surface area contributed by atoms with Crippen molar-refractivity contribution in [3.63, 3.8) is 0 Å². The minimum absolute atomic E-state index is 0.0923. The van der Waals surface area contributed by atoms with Crippen LogP contribution in [-0.4, -0.2) is 30.0 Å². The van der Waals surface area contributed by atoms with E-state index in [4.69, 9.17) is 4.74 Å². The molecule has 1 fully saturated rings. The molecule has 2 heterocycles. The zero-order valence-electron chi connectivity index (χ0n) is 10.9. The van der Waals surface area contributed by atoms with Crippen LogP contribution in [0.3, 0.4) is 0 Å². The molecule has 3 rings (SSSR count). The zero-order valence-corrected chi connectivity index (χ0v) is 10.9. The summed E-state index contributed by atoms with van der Waals surface area (Å²) in [6.07, 6.45) is 4.33. The van der Waals surface area contributed by atoms with Crippen molar-refractivity contribution in [1.82, 2.24) is 4.90 Å². The van der Waals surface area contributed by atoms with Gasteiger partial charge in [0.2, 0.25) is 0 Å². The number of rotatable bonds is 1. The fourth-order valence-corrected chi connectivity index (χ4v) is 2.85. The summed E-state index contributed by atoms with van der Waals surface area (Å²) in [4.78, 5) is 14.3. The van der Waals surface area contributed by atoms with Gasteiger partial charge in [-0.05, 0) is 55.9 Å². The van der Waals surface area contributed by atoms with E-state index < -0.39 is 6.10 Å². The monoisotopic (exact) mass is 263 g/mol. The molecule has 0 aromatic heterocycles. The molecule has 4 heteroatoms. The molecule has 0 N–H and O–H groups in total. The summed E-state index contributed by atoms with van der Waals surface area (Å²) in [6, 6.07) is 4.50. The fraction of sp³-hybridized carbons (Fsp3) is 0.533. The number of nitrogens with zero attached hydrogens (tertiary/aromatic N) is 1. The number of piperidine rings is 1. The maximum Gasteiger partial charge on any atom is 0.263 e. The van der Waals surface area contributed by atoms with Crippen LogP contribution in [0.15, 0.2) is 18.2 Å². The number of hydrogen-bond acceptors (Lipinski definition) is 2. The molecule has 0 unspecified atom stereocenters. The van der Waals surface area contributed by atoms with Crippen LogP contribution < -0.4 is 4.74 Å². The summed E-state index contributed by atoms with van der Waals surface area (Å²) in [5.74, 6) is 0.501. The fourth-order valence-electron chi connectivity index (χ4n) is 2.85. The number of carbonyl (C=O) groups excluding carboxylic acids is 1. The van der Waals surface area contributed by atoms with E-state index in [1.165, 1.54) is 18.6 Å². The van der Waals surface area contributed by atoms with E-state index in [-0.39, 0.29) is 11.7 Å². The Bertz CT molecular complexity index is 483. The van der Waals surface area contributed by atoms with Gasteiger partial charge in [-0.3, -0.25) is 4.79 Å². The molecule has 1 aromatic rings. The summed E-state index contributed by atoms with van der Waals surface area (Å²) < 4.78 is 18.9. The van der Waals surface area contributed by atoms with Crippen LogP contribution in [-0.2, 0) is 11.2 Å². The first-order valence-electron chi connectivity index (χ1n) is 6.98. The van der Waals surface area contributed by atoms with Gasteiger partial charge < -0.3 is 9.64 Å². The van der Waals surface area contributed by atoms with Crippen molar-refractivity contribution in [3.8, 4) is 5.75 Å². The Labute approximate surface area is 112 Å². The van der Waals surface area contributed by atoms with Gasteiger partial charge in [0.1, 0.15) is 11.6 Å². The molecule has 2 aliphatic heterocycles. The number of fused-ring (bicyclic) bond motifs is 1. The molecular formula is C15H18FNO2. The van der Waals surface area contributed by atoms with E-state index in [0.29, 0.717) is 18.6 Å². The summed E-state index contributed by atoms with van der Waals surface area (Å²) >= 11 is 0. The molecule has 2 aliphatic rings. The molecular weight excluding hydrogens is 245 g/mol. The Kier molecular flexibility index (Phi) is 3.40. The average molecular weight is 263 g/mol.